The van der Waals surface area contributed by atoms with E-state index in [2.05, 4.69) is 15.7 Å². The summed E-state index contributed by atoms with van der Waals surface area (Å²) in [7, 11) is -3.06. The van der Waals surface area contributed by atoms with Crippen LogP contribution in [0.2, 0.25) is 0 Å². The maximum Gasteiger partial charge on any atom is 0.270 e. The maximum atomic E-state index is 13.4. The Labute approximate surface area is 215 Å². The van der Waals surface area contributed by atoms with E-state index in [4.69, 9.17) is 10.3 Å². The first-order valence-corrected chi connectivity index (χ1v) is 14.5. The number of benzene rings is 1. The van der Waals surface area contributed by atoms with Gasteiger partial charge in [0.1, 0.15) is 6.04 Å². The minimum Gasteiger partial charge on any atom is -0.392 e. The van der Waals surface area contributed by atoms with Crippen molar-refractivity contribution in [2.75, 3.05) is 24.6 Å². The molecule has 2 rings (SSSR count). The topological polar surface area (TPSA) is 143 Å². The minimum atomic E-state index is -3.06. The Hall–Kier alpha value is -2.03. The van der Waals surface area contributed by atoms with Crippen LogP contribution >= 0.6 is 7.52 Å². The van der Waals surface area contributed by atoms with Crippen molar-refractivity contribution in [1.82, 2.24) is 10.4 Å². The largest absolute Gasteiger partial charge is 0.392 e. The second-order valence-corrected chi connectivity index (χ2v) is 12.4. The van der Waals surface area contributed by atoms with Crippen molar-refractivity contribution in [2.24, 2.45) is 17.6 Å². The molecule has 202 valence electrons. The number of allylic oxidation sites excluding steroid dienone is 1. The molecule has 36 heavy (non-hydrogen) atoms. The molecule has 0 aliphatic heterocycles. The molecule has 0 spiro atoms. The fraction of sp³-hybridized carbons (Fsp3) is 0.615. The van der Waals surface area contributed by atoms with Crippen molar-refractivity contribution in [1.29, 1.82) is 0 Å². The molecule has 1 aliphatic carbocycles. The van der Waals surface area contributed by atoms with Gasteiger partial charge in [0.15, 0.2) is 0 Å². The van der Waals surface area contributed by atoms with E-state index in [9.17, 15) is 19.3 Å². The first-order chi connectivity index (χ1) is 17.0. The van der Waals surface area contributed by atoms with Gasteiger partial charge in [-0.25, -0.2) is 5.09 Å². The molecule has 0 saturated heterocycles. The average molecular weight is 523 g/mol. The van der Waals surface area contributed by atoms with Gasteiger partial charge < -0.3 is 26.0 Å². The third kappa shape index (κ3) is 10.1. The predicted octanol–water partition coefficient (Wildman–Crippen LogP) is 3.54. The van der Waals surface area contributed by atoms with Gasteiger partial charge in [0.05, 0.1) is 19.3 Å². The van der Waals surface area contributed by atoms with Crippen molar-refractivity contribution in [2.45, 2.75) is 72.1 Å². The molecular weight excluding hydrogens is 479 g/mol. The molecule has 0 aromatic heterocycles. The van der Waals surface area contributed by atoms with Crippen molar-refractivity contribution in [3.63, 3.8) is 0 Å². The first-order valence-electron chi connectivity index (χ1n) is 12.7. The highest BCUT2D eigenvalue weighted by molar-refractivity contribution is 7.56. The molecular formula is C26H43N4O5P. The Morgan fingerprint density at radius 3 is 2.42 bits per heavy atom. The molecule has 1 unspecified atom stereocenters. The van der Waals surface area contributed by atoms with E-state index < -0.39 is 19.6 Å². The number of nitrogens with one attached hydrogen (secondary N) is 3. The molecule has 6 N–H and O–H groups in total. The van der Waals surface area contributed by atoms with Crippen LogP contribution in [0.15, 0.2) is 35.9 Å². The zero-order chi connectivity index (χ0) is 26.7. The lowest BCUT2D eigenvalue weighted by Crippen LogP contribution is -2.50. The van der Waals surface area contributed by atoms with Gasteiger partial charge in [-0.15, -0.1) is 0 Å². The first kappa shape index (κ1) is 30.2. The summed E-state index contributed by atoms with van der Waals surface area (Å²) in [5.74, 6) is -0.190. The van der Waals surface area contributed by atoms with Crippen LogP contribution in [-0.4, -0.2) is 48.3 Å². The van der Waals surface area contributed by atoms with Crippen LogP contribution in [0.1, 0.15) is 58.9 Å². The van der Waals surface area contributed by atoms with E-state index in [0.29, 0.717) is 30.7 Å². The summed E-state index contributed by atoms with van der Waals surface area (Å²) in [6, 6.07) is 5.69. The number of aliphatic hydroxyl groups excluding tert-OH is 1. The molecule has 1 aromatic rings. The van der Waals surface area contributed by atoms with Crippen molar-refractivity contribution in [3.05, 3.63) is 41.5 Å². The SMILES string of the molecule is C/C(=C\CCP(=O)(NCC1CCC1)OCc1ccc(NC(=O)[C@H](C)NC(=O)[C@@H](N)C(C)C)cc1)CO. The van der Waals surface area contributed by atoms with Crippen LogP contribution in [0.3, 0.4) is 0 Å². The van der Waals surface area contributed by atoms with E-state index in [1.807, 2.05) is 26.8 Å². The molecule has 1 aliphatic rings. The quantitative estimate of drug-likeness (QED) is 0.175. The summed E-state index contributed by atoms with van der Waals surface area (Å²) in [5.41, 5.74) is 8.08. The van der Waals surface area contributed by atoms with E-state index >= 15 is 0 Å². The number of hydrogen-bond acceptors (Lipinski definition) is 6. The summed E-state index contributed by atoms with van der Waals surface area (Å²) in [4.78, 5) is 24.5. The van der Waals surface area contributed by atoms with Crippen molar-refractivity contribution in [3.8, 4) is 0 Å². The highest BCUT2D eigenvalue weighted by Gasteiger charge is 2.26. The van der Waals surface area contributed by atoms with Gasteiger partial charge in [-0.3, -0.25) is 14.2 Å². The molecule has 0 heterocycles. The van der Waals surface area contributed by atoms with E-state index in [1.54, 1.807) is 31.2 Å². The van der Waals surface area contributed by atoms with Crippen LogP contribution in [0.4, 0.5) is 5.69 Å². The smallest absolute Gasteiger partial charge is 0.270 e. The van der Waals surface area contributed by atoms with Gasteiger partial charge in [-0.1, -0.05) is 44.1 Å². The maximum absolute atomic E-state index is 13.4. The van der Waals surface area contributed by atoms with Crippen LogP contribution in [0.5, 0.6) is 0 Å². The van der Waals surface area contributed by atoms with Gasteiger partial charge >= 0.3 is 0 Å². The zero-order valence-electron chi connectivity index (χ0n) is 22.0. The number of anilines is 1. The fourth-order valence-electron chi connectivity index (χ4n) is 3.49. The molecule has 3 atom stereocenters. The van der Waals surface area contributed by atoms with Crippen LogP contribution in [0, 0.1) is 11.8 Å². The Morgan fingerprint density at radius 1 is 1.19 bits per heavy atom. The third-order valence-electron chi connectivity index (χ3n) is 6.45. The molecule has 1 saturated carbocycles. The summed E-state index contributed by atoms with van der Waals surface area (Å²) in [6.07, 6.45) is 6.32. The third-order valence-corrected chi connectivity index (χ3v) is 8.50. The summed E-state index contributed by atoms with van der Waals surface area (Å²) in [5, 5.41) is 17.8. The van der Waals surface area contributed by atoms with Gasteiger partial charge in [-0.2, -0.15) is 0 Å². The monoisotopic (exact) mass is 522 g/mol. The fourth-order valence-corrected chi connectivity index (χ4v) is 5.23. The molecule has 0 bridgehead atoms. The van der Waals surface area contributed by atoms with Gasteiger partial charge in [0.2, 0.25) is 11.8 Å². The number of carbonyl (C=O) groups excluding carboxylic acids is 2. The van der Waals surface area contributed by atoms with E-state index in [-0.39, 0.29) is 30.9 Å². The molecule has 10 heteroatoms. The summed E-state index contributed by atoms with van der Waals surface area (Å²) >= 11 is 0. The predicted molar refractivity (Wildman–Crippen MR) is 144 cm³/mol. The van der Waals surface area contributed by atoms with Crippen molar-refractivity contribution >= 4 is 25.0 Å². The van der Waals surface area contributed by atoms with Gasteiger partial charge in [-0.05, 0) is 62.6 Å². The van der Waals surface area contributed by atoms with Crippen LogP contribution < -0.4 is 21.5 Å². The number of rotatable bonds is 15. The van der Waals surface area contributed by atoms with Gasteiger partial charge in [0.25, 0.3) is 7.52 Å². The Bertz CT molecular complexity index is 931. The Morgan fingerprint density at radius 2 is 1.86 bits per heavy atom. The summed E-state index contributed by atoms with van der Waals surface area (Å²) < 4.78 is 19.3. The Balaban J connectivity index is 1.90. The van der Waals surface area contributed by atoms with Crippen molar-refractivity contribution < 1.29 is 23.8 Å². The van der Waals surface area contributed by atoms with Gasteiger partial charge in [0, 0.05) is 18.4 Å². The van der Waals surface area contributed by atoms with E-state index in [1.165, 1.54) is 6.42 Å². The average Bonchev–Trinajstić information content (AvgIpc) is 2.81. The zero-order valence-corrected chi connectivity index (χ0v) is 22.9. The van der Waals surface area contributed by atoms with E-state index in [0.717, 1.165) is 24.0 Å². The second kappa shape index (κ2) is 14.6. The summed E-state index contributed by atoms with van der Waals surface area (Å²) in [6.45, 7) is 7.97. The molecule has 9 nitrogen and oxygen atoms in total. The number of nitrogens with two attached hydrogens (primary N) is 1. The number of amides is 2. The lowest BCUT2D eigenvalue weighted by atomic mass is 9.86. The highest BCUT2D eigenvalue weighted by Crippen LogP contribution is 2.45. The lowest BCUT2D eigenvalue weighted by molar-refractivity contribution is -0.127. The second-order valence-electron chi connectivity index (χ2n) is 10.0. The highest BCUT2D eigenvalue weighted by atomic mass is 31.2. The Kier molecular flexibility index (Phi) is 12.3. The van der Waals surface area contributed by atoms with Crippen LogP contribution in [-0.2, 0) is 25.3 Å². The lowest BCUT2D eigenvalue weighted by Gasteiger charge is -2.28. The molecule has 1 fully saturated rings. The number of carbonyl (C=O) groups is 2. The minimum absolute atomic E-state index is 0.0137. The standard InChI is InChI=1S/C26H43N4O5P/c1-18(2)24(27)26(33)29-20(4)25(32)30-23-12-10-22(11-13-23)17-35-36(34,14-6-7-19(3)16-31)28-15-21-8-5-9-21/h7,10-13,18,20-21,24,31H,5-6,8-9,14-17,27H2,1-4H3,(H,28,34)(H,29,33)(H,30,32)/b19-7+/t20-,24-,36?/m0/s1. The van der Waals surface area contributed by atoms with Crippen LogP contribution in [0.25, 0.3) is 0 Å². The molecule has 2 amide bonds. The normalized spacial score (nSPS) is 17.7. The molecule has 1 aromatic carbocycles. The number of hydrogen-bond donors (Lipinski definition) is 5. The molecule has 0 radical (unpaired) electrons. The number of aliphatic hydroxyl groups is 1.